The number of hydrogen-bond acceptors (Lipinski definition) is 3. The second-order valence-electron chi connectivity index (χ2n) is 6.50. The summed E-state index contributed by atoms with van der Waals surface area (Å²) >= 11 is 0. The van der Waals surface area contributed by atoms with Crippen molar-refractivity contribution in [2.75, 3.05) is 33.8 Å². The molecule has 6 nitrogen and oxygen atoms in total. The van der Waals surface area contributed by atoms with E-state index in [2.05, 4.69) is 46.1 Å². The average molecular weight is 510 g/mol. The molecule has 0 aromatic heterocycles. The smallest absolute Gasteiger partial charge is 0.239 e. The number of nitrogens with zero attached hydrogens (tertiary/aromatic N) is 1. The van der Waals surface area contributed by atoms with Gasteiger partial charge in [-0.2, -0.15) is 0 Å². The fraction of sp³-hybridized carbons (Fsp3) is 0.364. The first-order valence-corrected chi connectivity index (χ1v) is 9.51. The average Bonchev–Trinajstić information content (AvgIpc) is 2.71. The van der Waals surface area contributed by atoms with Gasteiger partial charge in [0.15, 0.2) is 5.96 Å². The molecule has 1 amide bonds. The quantitative estimate of drug-likeness (QED) is 0.276. The molecule has 0 atom stereocenters. The highest BCUT2D eigenvalue weighted by Crippen LogP contribution is 2.19. The first kappa shape index (κ1) is 24.7. The predicted octanol–water partition coefficient (Wildman–Crippen LogP) is 2.69. The molecule has 0 saturated carbocycles. The van der Waals surface area contributed by atoms with E-state index in [0.717, 1.165) is 24.2 Å². The summed E-state index contributed by atoms with van der Waals surface area (Å²) in [5, 5.41) is 9.18. The first-order valence-electron chi connectivity index (χ1n) is 9.51. The minimum Gasteiger partial charge on any atom is -0.496 e. The molecule has 7 heteroatoms. The molecule has 2 aromatic rings. The molecule has 0 spiro atoms. The number of nitrogens with one attached hydrogen (secondary N) is 3. The lowest BCUT2D eigenvalue weighted by molar-refractivity contribution is -0.119. The molecule has 3 N–H and O–H groups in total. The summed E-state index contributed by atoms with van der Waals surface area (Å²) in [6, 6.07) is 16.2. The molecule has 0 aliphatic heterocycles. The highest BCUT2D eigenvalue weighted by molar-refractivity contribution is 14.0. The highest BCUT2D eigenvalue weighted by atomic mass is 127. The summed E-state index contributed by atoms with van der Waals surface area (Å²) < 4.78 is 5.41. The number of rotatable bonds is 9. The predicted molar refractivity (Wildman–Crippen MR) is 129 cm³/mol. The number of methoxy groups -OCH3 is 1. The van der Waals surface area contributed by atoms with Gasteiger partial charge < -0.3 is 20.7 Å². The molecule has 0 aliphatic carbocycles. The topological polar surface area (TPSA) is 74.8 Å². The SMILES string of the molecule is CN=C(NCCc1cc(C)ccc1OC)NCC(=O)NCCc1ccccc1.I. The second kappa shape index (κ2) is 13.8. The fourth-order valence-corrected chi connectivity index (χ4v) is 2.86. The lowest BCUT2D eigenvalue weighted by Gasteiger charge is -2.13. The molecule has 2 rings (SSSR count). The maximum absolute atomic E-state index is 12.0. The van der Waals surface area contributed by atoms with E-state index in [9.17, 15) is 4.79 Å². The van der Waals surface area contributed by atoms with Crippen LogP contribution in [-0.4, -0.2) is 45.7 Å². The maximum atomic E-state index is 12.0. The van der Waals surface area contributed by atoms with Gasteiger partial charge in [0.1, 0.15) is 5.75 Å². The monoisotopic (exact) mass is 510 g/mol. The summed E-state index contributed by atoms with van der Waals surface area (Å²) in [7, 11) is 3.37. The van der Waals surface area contributed by atoms with Crippen LogP contribution in [0.15, 0.2) is 53.5 Å². The number of carbonyl (C=O) groups is 1. The fourth-order valence-electron chi connectivity index (χ4n) is 2.86. The lowest BCUT2D eigenvalue weighted by Crippen LogP contribution is -2.44. The third-order valence-electron chi connectivity index (χ3n) is 4.34. The number of carbonyl (C=O) groups excluding carboxylic acids is 1. The van der Waals surface area contributed by atoms with Crippen LogP contribution in [0.1, 0.15) is 16.7 Å². The van der Waals surface area contributed by atoms with Gasteiger partial charge in [-0.3, -0.25) is 9.79 Å². The molecule has 0 saturated heterocycles. The molecule has 158 valence electrons. The summed E-state index contributed by atoms with van der Waals surface area (Å²) in [5.41, 5.74) is 3.55. The minimum absolute atomic E-state index is 0. The van der Waals surface area contributed by atoms with Crippen molar-refractivity contribution in [3.8, 4) is 5.75 Å². The minimum atomic E-state index is -0.0563. The van der Waals surface area contributed by atoms with E-state index >= 15 is 0 Å². The third kappa shape index (κ3) is 9.17. The lowest BCUT2D eigenvalue weighted by atomic mass is 10.1. The van der Waals surface area contributed by atoms with Crippen LogP contribution in [0.5, 0.6) is 5.75 Å². The van der Waals surface area contributed by atoms with Gasteiger partial charge in [0.2, 0.25) is 5.91 Å². The van der Waals surface area contributed by atoms with E-state index in [1.54, 1.807) is 14.2 Å². The number of aliphatic imine (C=N–C) groups is 1. The van der Waals surface area contributed by atoms with E-state index < -0.39 is 0 Å². The summed E-state index contributed by atoms with van der Waals surface area (Å²) in [6.07, 6.45) is 1.62. The van der Waals surface area contributed by atoms with Gasteiger partial charge >= 0.3 is 0 Å². The van der Waals surface area contributed by atoms with Gasteiger partial charge in [0.25, 0.3) is 0 Å². The number of halogens is 1. The zero-order valence-corrected chi connectivity index (χ0v) is 19.7. The molecule has 29 heavy (non-hydrogen) atoms. The number of guanidine groups is 1. The van der Waals surface area contributed by atoms with Gasteiger partial charge in [-0.1, -0.05) is 48.0 Å². The molecular weight excluding hydrogens is 479 g/mol. The van der Waals surface area contributed by atoms with E-state index in [-0.39, 0.29) is 36.4 Å². The van der Waals surface area contributed by atoms with Crippen LogP contribution in [0.4, 0.5) is 0 Å². The molecule has 0 fully saturated rings. The Bertz CT molecular complexity index is 782. The van der Waals surface area contributed by atoms with Crippen molar-refractivity contribution in [2.45, 2.75) is 19.8 Å². The van der Waals surface area contributed by atoms with Crippen LogP contribution in [0.3, 0.4) is 0 Å². The van der Waals surface area contributed by atoms with Gasteiger partial charge in [-0.25, -0.2) is 0 Å². The Kier molecular flexibility index (Phi) is 11.8. The Morgan fingerprint density at radius 1 is 1.00 bits per heavy atom. The molecule has 0 bridgehead atoms. The zero-order valence-electron chi connectivity index (χ0n) is 17.3. The number of hydrogen-bond donors (Lipinski definition) is 3. The summed E-state index contributed by atoms with van der Waals surface area (Å²) in [4.78, 5) is 16.2. The molecule has 2 aromatic carbocycles. The van der Waals surface area contributed by atoms with Crippen LogP contribution in [-0.2, 0) is 17.6 Å². The van der Waals surface area contributed by atoms with Crippen molar-refractivity contribution < 1.29 is 9.53 Å². The van der Waals surface area contributed by atoms with E-state index in [0.29, 0.717) is 19.0 Å². The Labute approximate surface area is 190 Å². The van der Waals surface area contributed by atoms with Crippen LogP contribution in [0.2, 0.25) is 0 Å². The van der Waals surface area contributed by atoms with Crippen LogP contribution >= 0.6 is 24.0 Å². The Hall–Kier alpha value is -2.29. The Morgan fingerprint density at radius 3 is 2.41 bits per heavy atom. The number of benzene rings is 2. The van der Waals surface area contributed by atoms with Crippen molar-refractivity contribution in [1.29, 1.82) is 0 Å². The van der Waals surface area contributed by atoms with Crippen molar-refractivity contribution >= 4 is 35.8 Å². The maximum Gasteiger partial charge on any atom is 0.239 e. The standard InChI is InChI=1S/C22H30N4O2.HI/c1-17-9-10-20(28-3)19(15-17)12-14-25-22(23-2)26-16-21(27)24-13-11-18-7-5-4-6-8-18;/h4-10,15H,11-14,16H2,1-3H3,(H,24,27)(H2,23,25,26);1H. The van der Waals surface area contributed by atoms with Gasteiger partial charge in [0, 0.05) is 20.1 Å². The van der Waals surface area contributed by atoms with Crippen LogP contribution in [0, 0.1) is 6.92 Å². The van der Waals surface area contributed by atoms with Crippen molar-refractivity contribution in [3.63, 3.8) is 0 Å². The normalized spacial score (nSPS) is 10.7. The molecule has 0 aliphatic rings. The molecular formula is C22H31IN4O2. The third-order valence-corrected chi connectivity index (χ3v) is 4.34. The largest absolute Gasteiger partial charge is 0.496 e. The van der Waals surface area contributed by atoms with E-state index in [4.69, 9.17) is 4.74 Å². The van der Waals surface area contributed by atoms with Crippen molar-refractivity contribution in [1.82, 2.24) is 16.0 Å². The molecule has 0 heterocycles. The zero-order chi connectivity index (χ0) is 20.2. The number of aryl methyl sites for hydroxylation is 1. The first-order chi connectivity index (χ1) is 13.6. The van der Waals surface area contributed by atoms with Crippen molar-refractivity contribution in [2.24, 2.45) is 4.99 Å². The van der Waals surface area contributed by atoms with Gasteiger partial charge in [-0.05, 0) is 37.0 Å². The van der Waals surface area contributed by atoms with E-state index in [1.165, 1.54) is 11.1 Å². The molecule has 0 unspecified atom stereocenters. The van der Waals surface area contributed by atoms with Gasteiger partial charge in [0.05, 0.1) is 13.7 Å². The van der Waals surface area contributed by atoms with E-state index in [1.807, 2.05) is 30.3 Å². The number of ether oxygens (including phenoxy) is 1. The Morgan fingerprint density at radius 2 is 1.72 bits per heavy atom. The highest BCUT2D eigenvalue weighted by Gasteiger charge is 2.06. The summed E-state index contributed by atoms with van der Waals surface area (Å²) in [6.45, 7) is 3.55. The summed E-state index contributed by atoms with van der Waals surface area (Å²) in [5.74, 6) is 1.43. The van der Waals surface area contributed by atoms with Crippen molar-refractivity contribution in [3.05, 3.63) is 65.2 Å². The van der Waals surface area contributed by atoms with Crippen LogP contribution in [0.25, 0.3) is 0 Å². The van der Waals surface area contributed by atoms with Crippen LogP contribution < -0.4 is 20.7 Å². The Balaban J connectivity index is 0.00000420. The number of amides is 1. The van der Waals surface area contributed by atoms with Gasteiger partial charge in [-0.15, -0.1) is 24.0 Å². The second-order valence-corrected chi connectivity index (χ2v) is 6.50. The molecule has 0 radical (unpaired) electrons.